The van der Waals surface area contributed by atoms with Gasteiger partial charge in [-0.2, -0.15) is 0 Å². The molecule has 0 aromatic rings. The van der Waals surface area contributed by atoms with E-state index in [-0.39, 0.29) is 12.8 Å². The minimum Gasteiger partial charge on any atom is -0.481 e. The van der Waals surface area contributed by atoms with E-state index in [1.165, 1.54) is 0 Å². The minimum atomic E-state index is -0.713. The lowest BCUT2D eigenvalue weighted by molar-refractivity contribution is -0.138. The van der Waals surface area contributed by atoms with Crippen molar-refractivity contribution in [2.45, 2.75) is 71.1 Å². The van der Waals surface area contributed by atoms with Crippen molar-refractivity contribution in [3.8, 4) is 0 Å². The van der Waals surface area contributed by atoms with Crippen molar-refractivity contribution in [1.82, 2.24) is 0 Å². The summed E-state index contributed by atoms with van der Waals surface area (Å²) in [5.74, 6) is -0.892. The maximum atomic E-state index is 10.5. The maximum absolute atomic E-state index is 10.5. The first-order valence-electron chi connectivity index (χ1n) is 6.99. The second-order valence-corrected chi connectivity index (χ2v) is 4.91. The Kier molecular flexibility index (Phi) is 10.4. The quantitative estimate of drug-likeness (QED) is 0.523. The summed E-state index contributed by atoms with van der Waals surface area (Å²) in [4.78, 5) is 20.8. The van der Waals surface area contributed by atoms with Crippen LogP contribution in [0.25, 0.3) is 0 Å². The fourth-order valence-corrected chi connectivity index (χ4v) is 2.12. The van der Waals surface area contributed by atoms with Crippen molar-refractivity contribution < 1.29 is 19.8 Å². The third kappa shape index (κ3) is 11.4. The number of unbranched alkanes of at least 4 members (excludes halogenated alkanes) is 4. The summed E-state index contributed by atoms with van der Waals surface area (Å²) in [5.41, 5.74) is 0. The Labute approximate surface area is 109 Å². The van der Waals surface area contributed by atoms with Crippen molar-refractivity contribution in [3.05, 3.63) is 0 Å². The predicted octanol–water partition coefficient (Wildman–Crippen LogP) is 3.69. The standard InChI is InChI=1S/C14H26O4/c1-2-12(10-11-14(17)18)8-6-4-3-5-7-9-13(15)16/h12H,2-11H2,1H3,(H,15,16)(H,17,18). The molecule has 0 aliphatic heterocycles. The van der Waals surface area contributed by atoms with Gasteiger partial charge in [0.15, 0.2) is 0 Å². The van der Waals surface area contributed by atoms with Crippen LogP contribution in [-0.2, 0) is 9.59 Å². The van der Waals surface area contributed by atoms with Crippen LogP contribution >= 0.6 is 0 Å². The first-order chi connectivity index (χ1) is 8.56. The van der Waals surface area contributed by atoms with E-state index in [0.717, 1.165) is 51.4 Å². The van der Waals surface area contributed by atoms with Crippen LogP contribution in [0.1, 0.15) is 71.1 Å². The Morgan fingerprint density at radius 1 is 0.833 bits per heavy atom. The topological polar surface area (TPSA) is 74.6 Å². The number of hydrogen-bond donors (Lipinski definition) is 2. The molecule has 4 nitrogen and oxygen atoms in total. The van der Waals surface area contributed by atoms with E-state index in [9.17, 15) is 9.59 Å². The van der Waals surface area contributed by atoms with Crippen LogP contribution in [0.15, 0.2) is 0 Å². The SMILES string of the molecule is CCC(CCCCCCCC(=O)O)CCC(=O)O. The van der Waals surface area contributed by atoms with Crippen LogP contribution in [0.2, 0.25) is 0 Å². The highest BCUT2D eigenvalue weighted by Gasteiger charge is 2.08. The summed E-state index contributed by atoms with van der Waals surface area (Å²) in [5, 5.41) is 17.1. The summed E-state index contributed by atoms with van der Waals surface area (Å²) in [6.45, 7) is 2.11. The number of hydrogen-bond acceptors (Lipinski definition) is 2. The summed E-state index contributed by atoms with van der Waals surface area (Å²) < 4.78 is 0. The molecule has 0 aliphatic carbocycles. The Morgan fingerprint density at radius 3 is 1.94 bits per heavy atom. The first kappa shape index (κ1) is 16.9. The number of aliphatic carboxylic acids is 2. The van der Waals surface area contributed by atoms with Gasteiger partial charge in [0.2, 0.25) is 0 Å². The highest BCUT2D eigenvalue weighted by Crippen LogP contribution is 2.19. The zero-order valence-corrected chi connectivity index (χ0v) is 11.4. The zero-order valence-electron chi connectivity index (χ0n) is 11.4. The minimum absolute atomic E-state index is 0.274. The zero-order chi connectivity index (χ0) is 13.8. The number of rotatable bonds is 12. The van der Waals surface area contributed by atoms with Crippen LogP contribution in [0.4, 0.5) is 0 Å². The van der Waals surface area contributed by atoms with Gasteiger partial charge in [-0.15, -0.1) is 0 Å². The lowest BCUT2D eigenvalue weighted by atomic mass is 9.93. The second kappa shape index (κ2) is 11.1. The molecule has 0 spiro atoms. The van der Waals surface area contributed by atoms with Crippen molar-refractivity contribution in [1.29, 1.82) is 0 Å². The van der Waals surface area contributed by atoms with Crippen LogP contribution in [0, 0.1) is 5.92 Å². The molecule has 0 fully saturated rings. The van der Waals surface area contributed by atoms with E-state index in [2.05, 4.69) is 6.92 Å². The van der Waals surface area contributed by atoms with Gasteiger partial charge in [0.05, 0.1) is 0 Å². The van der Waals surface area contributed by atoms with Gasteiger partial charge in [0.25, 0.3) is 0 Å². The molecular formula is C14H26O4. The molecule has 0 aliphatic rings. The third-order valence-electron chi connectivity index (χ3n) is 3.35. The summed E-state index contributed by atoms with van der Waals surface area (Å²) >= 11 is 0. The molecule has 0 radical (unpaired) electrons. The van der Waals surface area contributed by atoms with Crippen molar-refractivity contribution in [3.63, 3.8) is 0 Å². The Balaban J connectivity index is 3.39. The van der Waals surface area contributed by atoms with E-state index in [0.29, 0.717) is 5.92 Å². The second-order valence-electron chi connectivity index (χ2n) is 4.91. The molecule has 0 aromatic heterocycles. The van der Waals surface area contributed by atoms with E-state index in [4.69, 9.17) is 10.2 Å². The average Bonchev–Trinajstić information content (AvgIpc) is 2.31. The molecular weight excluding hydrogens is 232 g/mol. The lowest BCUT2D eigenvalue weighted by Crippen LogP contribution is -2.03. The molecule has 1 atom stereocenters. The molecule has 0 aromatic carbocycles. The van der Waals surface area contributed by atoms with Gasteiger partial charge >= 0.3 is 11.9 Å². The lowest BCUT2D eigenvalue weighted by Gasteiger charge is -2.13. The van der Waals surface area contributed by atoms with E-state index in [1.807, 2.05) is 0 Å². The summed E-state index contributed by atoms with van der Waals surface area (Å²) in [6.07, 6.45) is 8.58. The van der Waals surface area contributed by atoms with Crippen molar-refractivity contribution in [2.75, 3.05) is 0 Å². The third-order valence-corrected chi connectivity index (χ3v) is 3.35. The molecule has 4 heteroatoms. The maximum Gasteiger partial charge on any atom is 0.303 e. The van der Waals surface area contributed by atoms with Crippen molar-refractivity contribution in [2.24, 2.45) is 5.92 Å². The normalized spacial score (nSPS) is 12.3. The summed E-state index contributed by atoms with van der Waals surface area (Å²) in [6, 6.07) is 0. The van der Waals surface area contributed by atoms with Crippen LogP contribution < -0.4 is 0 Å². The molecule has 2 N–H and O–H groups in total. The average molecular weight is 258 g/mol. The van der Waals surface area contributed by atoms with Gasteiger partial charge in [-0.3, -0.25) is 9.59 Å². The van der Waals surface area contributed by atoms with Crippen LogP contribution in [-0.4, -0.2) is 22.2 Å². The molecule has 106 valence electrons. The van der Waals surface area contributed by atoms with E-state index >= 15 is 0 Å². The molecule has 0 amide bonds. The number of carboxylic acids is 2. The molecule has 1 unspecified atom stereocenters. The highest BCUT2D eigenvalue weighted by molar-refractivity contribution is 5.66. The number of carbonyl (C=O) groups is 2. The Bertz CT molecular complexity index is 238. The van der Waals surface area contributed by atoms with E-state index in [1.54, 1.807) is 0 Å². The fraction of sp³-hybridized carbons (Fsp3) is 0.857. The number of carboxylic acid groups (broad SMARTS) is 2. The van der Waals surface area contributed by atoms with Crippen molar-refractivity contribution >= 4 is 11.9 Å². The van der Waals surface area contributed by atoms with E-state index < -0.39 is 11.9 Å². The van der Waals surface area contributed by atoms with Gasteiger partial charge < -0.3 is 10.2 Å². The van der Waals surface area contributed by atoms with Crippen LogP contribution in [0.3, 0.4) is 0 Å². The first-order valence-corrected chi connectivity index (χ1v) is 6.99. The smallest absolute Gasteiger partial charge is 0.303 e. The largest absolute Gasteiger partial charge is 0.481 e. The van der Waals surface area contributed by atoms with Gasteiger partial charge in [0.1, 0.15) is 0 Å². The molecule has 0 bridgehead atoms. The Hall–Kier alpha value is -1.06. The molecule has 0 rings (SSSR count). The van der Waals surface area contributed by atoms with Gasteiger partial charge in [-0.1, -0.05) is 45.4 Å². The highest BCUT2D eigenvalue weighted by atomic mass is 16.4. The van der Waals surface area contributed by atoms with Crippen LogP contribution in [0.5, 0.6) is 0 Å². The van der Waals surface area contributed by atoms with Gasteiger partial charge in [-0.25, -0.2) is 0 Å². The molecule has 0 heterocycles. The Morgan fingerprint density at radius 2 is 1.39 bits per heavy atom. The summed E-state index contributed by atoms with van der Waals surface area (Å²) in [7, 11) is 0. The molecule has 18 heavy (non-hydrogen) atoms. The van der Waals surface area contributed by atoms with Gasteiger partial charge in [0, 0.05) is 12.8 Å². The molecule has 0 saturated carbocycles. The predicted molar refractivity (Wildman–Crippen MR) is 70.6 cm³/mol. The monoisotopic (exact) mass is 258 g/mol. The fourth-order valence-electron chi connectivity index (χ4n) is 2.12. The molecule has 0 saturated heterocycles. The van der Waals surface area contributed by atoms with Gasteiger partial charge in [-0.05, 0) is 18.8 Å².